The van der Waals surface area contributed by atoms with Gasteiger partial charge in [0.15, 0.2) is 0 Å². The number of rotatable bonds is 7. The van der Waals surface area contributed by atoms with E-state index in [1.165, 1.54) is 12.8 Å². The van der Waals surface area contributed by atoms with Crippen LogP contribution in [0.1, 0.15) is 37.2 Å². The molecule has 1 aliphatic rings. The van der Waals surface area contributed by atoms with Crippen LogP contribution in [0, 0.1) is 5.92 Å². The van der Waals surface area contributed by atoms with E-state index in [0.29, 0.717) is 17.5 Å². The van der Waals surface area contributed by atoms with E-state index in [0.717, 1.165) is 11.4 Å². The average molecular weight is 348 g/mol. The summed E-state index contributed by atoms with van der Waals surface area (Å²) in [4.78, 5) is 16.9. The fourth-order valence-corrected chi connectivity index (χ4v) is 2.63. The highest BCUT2D eigenvalue weighted by atomic mass is 35.5. The Bertz CT molecular complexity index is 695. The van der Waals surface area contributed by atoms with E-state index in [9.17, 15) is 4.79 Å². The number of aromatic nitrogens is 2. The van der Waals surface area contributed by atoms with Crippen molar-refractivity contribution in [2.45, 2.75) is 31.9 Å². The fraction of sp³-hybridized carbons (Fsp3) is 0.444. The first-order valence-electron chi connectivity index (χ1n) is 8.19. The van der Waals surface area contributed by atoms with Crippen LogP contribution in [0.15, 0.2) is 36.7 Å². The maximum Gasteiger partial charge on any atom is 0.249 e. The van der Waals surface area contributed by atoms with Gasteiger partial charge in [-0.1, -0.05) is 23.7 Å². The zero-order valence-electron chi connectivity index (χ0n) is 13.9. The predicted octanol–water partition coefficient (Wildman–Crippen LogP) is 3.09. The Labute approximate surface area is 147 Å². The molecule has 0 radical (unpaired) electrons. The molecule has 1 saturated carbocycles. The number of halogens is 1. The highest BCUT2D eigenvalue weighted by Gasteiger charge is 2.26. The van der Waals surface area contributed by atoms with Crippen LogP contribution < -0.4 is 5.32 Å². The molecular formula is C18H22ClN3O2. The Kier molecular flexibility index (Phi) is 5.21. The van der Waals surface area contributed by atoms with Crippen molar-refractivity contribution in [3.63, 3.8) is 0 Å². The van der Waals surface area contributed by atoms with Gasteiger partial charge in [-0.25, -0.2) is 4.98 Å². The van der Waals surface area contributed by atoms with Gasteiger partial charge in [-0.2, -0.15) is 0 Å². The second kappa shape index (κ2) is 7.36. The van der Waals surface area contributed by atoms with Crippen LogP contribution in [-0.4, -0.2) is 28.2 Å². The van der Waals surface area contributed by atoms with Crippen LogP contribution in [0.4, 0.5) is 0 Å². The fourth-order valence-electron chi connectivity index (χ4n) is 2.51. The van der Waals surface area contributed by atoms with Crippen LogP contribution in [-0.2, 0) is 16.6 Å². The lowest BCUT2D eigenvalue weighted by atomic mass is 10.1. The maximum atomic E-state index is 12.5. The third-order valence-electron chi connectivity index (χ3n) is 4.25. The molecule has 128 valence electrons. The highest BCUT2D eigenvalue weighted by Crippen LogP contribution is 2.29. The van der Waals surface area contributed by atoms with Gasteiger partial charge in [-0.05, 0) is 43.4 Å². The number of carbonyl (C=O) groups is 1. The van der Waals surface area contributed by atoms with Crippen molar-refractivity contribution in [2.75, 3.05) is 6.61 Å². The smallest absolute Gasteiger partial charge is 0.249 e. The Morgan fingerprint density at radius 1 is 1.42 bits per heavy atom. The Morgan fingerprint density at radius 3 is 2.71 bits per heavy atom. The van der Waals surface area contributed by atoms with Crippen LogP contribution in [0.3, 0.4) is 0 Å². The summed E-state index contributed by atoms with van der Waals surface area (Å²) in [6, 6.07) is 7.08. The minimum atomic E-state index is -0.485. The predicted molar refractivity (Wildman–Crippen MR) is 92.8 cm³/mol. The summed E-state index contributed by atoms with van der Waals surface area (Å²) in [5, 5.41) is 3.71. The van der Waals surface area contributed by atoms with Crippen molar-refractivity contribution in [1.29, 1.82) is 0 Å². The Hall–Kier alpha value is -1.85. The zero-order valence-corrected chi connectivity index (χ0v) is 14.7. The molecule has 2 atom stereocenters. The quantitative estimate of drug-likeness (QED) is 0.837. The Morgan fingerprint density at radius 2 is 2.12 bits per heavy atom. The number of hydrogen-bond acceptors (Lipinski definition) is 3. The van der Waals surface area contributed by atoms with E-state index in [-0.39, 0.29) is 11.9 Å². The van der Waals surface area contributed by atoms with E-state index in [2.05, 4.69) is 10.3 Å². The molecule has 1 heterocycles. The molecule has 0 saturated heterocycles. The first-order chi connectivity index (χ1) is 11.5. The lowest BCUT2D eigenvalue weighted by Crippen LogP contribution is -2.38. The average Bonchev–Trinajstić information content (AvgIpc) is 3.31. The number of amides is 1. The van der Waals surface area contributed by atoms with Crippen molar-refractivity contribution >= 4 is 17.5 Å². The summed E-state index contributed by atoms with van der Waals surface area (Å²) < 4.78 is 7.57. The third-order valence-corrected chi connectivity index (χ3v) is 4.51. The molecule has 24 heavy (non-hydrogen) atoms. The number of carbonyl (C=O) groups excluding carboxylic acids is 1. The molecule has 3 rings (SSSR count). The standard InChI is InChI=1S/C18H22ClN3O2/c1-12(24-11-13-3-4-13)18(23)21-16(17-20-9-10-22(17)2)14-5-7-15(19)8-6-14/h5-10,12-13,16H,3-4,11H2,1-2H3,(H,21,23)/t12-,16-/m1/s1. The SMILES string of the molecule is C[C@@H](OCC1CC1)C(=O)N[C@H](c1ccc(Cl)cc1)c1nccn1C. The number of hydrogen-bond donors (Lipinski definition) is 1. The van der Waals surface area contributed by atoms with Crippen molar-refractivity contribution in [3.05, 3.63) is 53.1 Å². The molecule has 1 aliphatic carbocycles. The van der Waals surface area contributed by atoms with Gasteiger partial charge in [-0.15, -0.1) is 0 Å². The minimum absolute atomic E-state index is 0.140. The summed E-state index contributed by atoms with van der Waals surface area (Å²) in [6.07, 6.45) is 5.50. The topological polar surface area (TPSA) is 56.1 Å². The Balaban J connectivity index is 1.75. The third kappa shape index (κ3) is 4.16. The van der Waals surface area contributed by atoms with Crippen molar-refractivity contribution in [3.8, 4) is 0 Å². The maximum absolute atomic E-state index is 12.5. The molecule has 1 fully saturated rings. The van der Waals surface area contributed by atoms with E-state index >= 15 is 0 Å². The van der Waals surface area contributed by atoms with Crippen LogP contribution >= 0.6 is 11.6 Å². The summed E-state index contributed by atoms with van der Waals surface area (Å²) in [5.74, 6) is 1.25. The van der Waals surface area contributed by atoms with E-state index < -0.39 is 6.10 Å². The molecule has 0 unspecified atom stereocenters. The zero-order chi connectivity index (χ0) is 17.1. The van der Waals surface area contributed by atoms with Gasteiger partial charge in [0.2, 0.25) is 5.91 Å². The molecule has 0 aliphatic heterocycles. The monoisotopic (exact) mass is 347 g/mol. The minimum Gasteiger partial charge on any atom is -0.368 e. The van der Waals surface area contributed by atoms with E-state index in [1.807, 2.05) is 42.1 Å². The molecule has 0 spiro atoms. The van der Waals surface area contributed by atoms with Gasteiger partial charge in [0, 0.05) is 24.5 Å². The molecular weight excluding hydrogens is 326 g/mol. The molecule has 1 amide bonds. The molecule has 2 aromatic rings. The summed E-state index contributed by atoms with van der Waals surface area (Å²) in [5.41, 5.74) is 0.927. The largest absolute Gasteiger partial charge is 0.368 e. The highest BCUT2D eigenvalue weighted by molar-refractivity contribution is 6.30. The first kappa shape index (κ1) is 17.0. The van der Waals surface area contributed by atoms with E-state index in [4.69, 9.17) is 16.3 Å². The number of imidazole rings is 1. The normalized spacial score (nSPS) is 16.6. The van der Waals surface area contributed by atoms with Crippen LogP contribution in [0.5, 0.6) is 0 Å². The van der Waals surface area contributed by atoms with Crippen LogP contribution in [0.2, 0.25) is 5.02 Å². The molecule has 1 aromatic carbocycles. The van der Waals surface area contributed by atoms with Gasteiger partial charge in [0.1, 0.15) is 18.0 Å². The lowest BCUT2D eigenvalue weighted by Gasteiger charge is -2.21. The van der Waals surface area contributed by atoms with Crippen molar-refractivity contribution in [2.24, 2.45) is 13.0 Å². The molecule has 0 bridgehead atoms. The van der Waals surface area contributed by atoms with Crippen molar-refractivity contribution in [1.82, 2.24) is 14.9 Å². The van der Waals surface area contributed by atoms with Crippen molar-refractivity contribution < 1.29 is 9.53 Å². The number of nitrogens with one attached hydrogen (secondary N) is 1. The summed E-state index contributed by atoms with van der Waals surface area (Å²) >= 11 is 5.98. The van der Waals surface area contributed by atoms with Gasteiger partial charge in [-0.3, -0.25) is 4.79 Å². The van der Waals surface area contributed by atoms with Gasteiger partial charge >= 0.3 is 0 Å². The second-order valence-corrected chi connectivity index (χ2v) is 6.74. The number of aryl methyl sites for hydroxylation is 1. The first-order valence-corrected chi connectivity index (χ1v) is 8.57. The van der Waals surface area contributed by atoms with E-state index in [1.54, 1.807) is 13.1 Å². The van der Waals surface area contributed by atoms with Gasteiger partial charge in [0.25, 0.3) is 0 Å². The van der Waals surface area contributed by atoms with Gasteiger partial charge in [0.05, 0.1) is 6.61 Å². The molecule has 1 aromatic heterocycles. The summed E-state index contributed by atoms with van der Waals surface area (Å²) in [6.45, 7) is 2.44. The lowest BCUT2D eigenvalue weighted by molar-refractivity contribution is -0.132. The molecule has 1 N–H and O–H groups in total. The summed E-state index contributed by atoms with van der Waals surface area (Å²) in [7, 11) is 1.91. The molecule has 6 heteroatoms. The molecule has 5 nitrogen and oxygen atoms in total. The number of ether oxygens (including phenoxy) is 1. The van der Waals surface area contributed by atoms with Crippen LogP contribution in [0.25, 0.3) is 0 Å². The van der Waals surface area contributed by atoms with Gasteiger partial charge < -0.3 is 14.6 Å². The second-order valence-electron chi connectivity index (χ2n) is 6.31. The number of benzene rings is 1. The number of nitrogens with zero attached hydrogens (tertiary/aromatic N) is 2.